The van der Waals surface area contributed by atoms with Crippen LogP contribution < -0.4 is 5.73 Å². The van der Waals surface area contributed by atoms with Crippen molar-refractivity contribution in [3.63, 3.8) is 0 Å². The molecule has 2 bridgehead atoms. The van der Waals surface area contributed by atoms with Gasteiger partial charge in [0.15, 0.2) is 0 Å². The van der Waals surface area contributed by atoms with Crippen molar-refractivity contribution in [1.82, 2.24) is 4.90 Å². The van der Waals surface area contributed by atoms with Gasteiger partial charge in [0.2, 0.25) is 0 Å². The molecule has 0 aromatic carbocycles. The van der Waals surface area contributed by atoms with Crippen LogP contribution in [0.25, 0.3) is 0 Å². The van der Waals surface area contributed by atoms with Crippen LogP contribution in [-0.4, -0.2) is 67.2 Å². The van der Waals surface area contributed by atoms with Crippen molar-refractivity contribution >= 4 is 0 Å². The summed E-state index contributed by atoms with van der Waals surface area (Å²) >= 11 is 0. The van der Waals surface area contributed by atoms with Crippen LogP contribution in [0.1, 0.15) is 32.6 Å². The average Bonchev–Trinajstić information content (AvgIpc) is 2.60. The highest BCUT2D eigenvalue weighted by Gasteiger charge is 2.40. The van der Waals surface area contributed by atoms with E-state index in [1.807, 2.05) is 6.92 Å². The van der Waals surface area contributed by atoms with E-state index in [1.165, 1.54) is 12.8 Å². The van der Waals surface area contributed by atoms with Crippen molar-refractivity contribution in [2.75, 3.05) is 26.9 Å². The number of ether oxygens (including phenoxy) is 2. The number of nitrogens with two attached hydrogens (primary N) is 1. The summed E-state index contributed by atoms with van der Waals surface area (Å²) in [6.45, 7) is 3.62. The van der Waals surface area contributed by atoms with Crippen LogP contribution in [-0.2, 0) is 9.47 Å². The van der Waals surface area contributed by atoms with Gasteiger partial charge >= 0.3 is 0 Å². The van der Waals surface area contributed by atoms with Crippen LogP contribution in [0, 0.1) is 0 Å². The zero-order valence-corrected chi connectivity index (χ0v) is 12.1. The molecule has 0 spiro atoms. The molecular weight excluding hydrogens is 244 g/mol. The maximum Gasteiger partial charge on any atom is 0.0900 e. The molecular formula is C14H28N2O3. The summed E-state index contributed by atoms with van der Waals surface area (Å²) in [6.07, 6.45) is 4.22. The van der Waals surface area contributed by atoms with E-state index < -0.39 is 6.10 Å². The lowest BCUT2D eigenvalue weighted by Crippen LogP contribution is -2.50. The Morgan fingerprint density at radius 1 is 1.26 bits per heavy atom. The molecule has 5 heteroatoms. The van der Waals surface area contributed by atoms with Gasteiger partial charge in [-0.2, -0.15) is 0 Å². The minimum absolute atomic E-state index is 0.0335. The molecule has 5 nitrogen and oxygen atoms in total. The second kappa shape index (κ2) is 6.99. The molecule has 2 aliphatic heterocycles. The van der Waals surface area contributed by atoms with Gasteiger partial charge in [-0.25, -0.2) is 0 Å². The highest BCUT2D eigenvalue weighted by Crippen LogP contribution is 2.34. The number of hydrogen-bond acceptors (Lipinski definition) is 5. The van der Waals surface area contributed by atoms with Crippen LogP contribution in [0.2, 0.25) is 0 Å². The van der Waals surface area contributed by atoms with E-state index in [2.05, 4.69) is 4.90 Å². The van der Waals surface area contributed by atoms with E-state index in [0.717, 1.165) is 12.8 Å². The quantitative estimate of drug-likeness (QED) is 0.700. The first-order valence-corrected chi connectivity index (χ1v) is 7.40. The van der Waals surface area contributed by atoms with Gasteiger partial charge in [0.05, 0.1) is 25.4 Å². The standard InChI is InChI=1S/C14H28N2O3/c1-10(8-18-2)19-9-14(17)7-16-12-3-4-13(16)6-11(15)5-12/h10-14,17H,3-9,15H2,1-2H3. The van der Waals surface area contributed by atoms with Gasteiger partial charge in [-0.3, -0.25) is 4.90 Å². The van der Waals surface area contributed by atoms with E-state index in [4.69, 9.17) is 15.2 Å². The first kappa shape index (κ1) is 15.2. The average molecular weight is 272 g/mol. The van der Waals surface area contributed by atoms with E-state index in [1.54, 1.807) is 7.11 Å². The van der Waals surface area contributed by atoms with E-state index in [0.29, 0.717) is 37.9 Å². The number of hydrogen-bond donors (Lipinski definition) is 2. The van der Waals surface area contributed by atoms with Crippen molar-refractivity contribution in [1.29, 1.82) is 0 Å². The Hall–Kier alpha value is -0.200. The molecule has 0 aliphatic carbocycles. The molecule has 0 radical (unpaired) electrons. The monoisotopic (exact) mass is 272 g/mol. The topological polar surface area (TPSA) is 68.0 Å². The number of rotatable bonds is 7. The maximum absolute atomic E-state index is 10.1. The molecule has 2 fully saturated rings. The second-order valence-electron chi connectivity index (χ2n) is 6.07. The largest absolute Gasteiger partial charge is 0.389 e. The van der Waals surface area contributed by atoms with Gasteiger partial charge in [0.25, 0.3) is 0 Å². The molecule has 4 atom stereocenters. The van der Waals surface area contributed by atoms with E-state index in [-0.39, 0.29) is 6.10 Å². The Morgan fingerprint density at radius 2 is 1.89 bits per heavy atom. The molecule has 19 heavy (non-hydrogen) atoms. The third-order valence-corrected chi connectivity index (χ3v) is 4.32. The lowest BCUT2D eigenvalue weighted by Gasteiger charge is -2.38. The van der Waals surface area contributed by atoms with Crippen molar-refractivity contribution in [2.45, 2.75) is 62.9 Å². The number of fused-ring (bicyclic) bond motifs is 2. The fourth-order valence-corrected chi connectivity index (χ4v) is 3.47. The summed E-state index contributed by atoms with van der Waals surface area (Å²) in [5, 5.41) is 10.1. The van der Waals surface area contributed by atoms with Crippen LogP contribution >= 0.6 is 0 Å². The fourth-order valence-electron chi connectivity index (χ4n) is 3.47. The fraction of sp³-hybridized carbons (Fsp3) is 1.00. The SMILES string of the molecule is COCC(C)OCC(O)CN1C2CCC1CC(N)C2. The zero-order valence-electron chi connectivity index (χ0n) is 12.1. The zero-order chi connectivity index (χ0) is 13.8. The minimum Gasteiger partial charge on any atom is -0.389 e. The molecule has 0 aromatic rings. The lowest BCUT2D eigenvalue weighted by molar-refractivity contribution is -0.0467. The van der Waals surface area contributed by atoms with Gasteiger partial charge in [-0.1, -0.05) is 0 Å². The first-order chi connectivity index (χ1) is 9.10. The van der Waals surface area contributed by atoms with E-state index in [9.17, 15) is 5.11 Å². The highest BCUT2D eigenvalue weighted by atomic mass is 16.5. The number of aliphatic hydroxyl groups is 1. The van der Waals surface area contributed by atoms with Gasteiger partial charge < -0.3 is 20.3 Å². The summed E-state index contributed by atoms with van der Waals surface area (Å²) in [4.78, 5) is 2.44. The highest BCUT2D eigenvalue weighted by molar-refractivity contribution is 4.97. The third-order valence-electron chi connectivity index (χ3n) is 4.32. The Bertz CT molecular complexity index is 263. The molecule has 2 saturated heterocycles. The number of piperidine rings is 1. The molecule has 3 N–H and O–H groups in total. The summed E-state index contributed by atoms with van der Waals surface area (Å²) in [7, 11) is 1.66. The summed E-state index contributed by atoms with van der Waals surface area (Å²) in [5.74, 6) is 0. The minimum atomic E-state index is -0.420. The van der Waals surface area contributed by atoms with Crippen molar-refractivity contribution in [2.24, 2.45) is 5.73 Å². The predicted octanol–water partition coefficient (Wildman–Crippen LogP) is 0.353. The maximum atomic E-state index is 10.1. The van der Waals surface area contributed by atoms with Gasteiger partial charge in [0.1, 0.15) is 0 Å². The van der Waals surface area contributed by atoms with Crippen LogP contribution in [0.5, 0.6) is 0 Å². The molecule has 4 unspecified atom stereocenters. The smallest absolute Gasteiger partial charge is 0.0900 e. The number of aliphatic hydroxyl groups excluding tert-OH is 1. The summed E-state index contributed by atoms with van der Waals surface area (Å²) in [5.41, 5.74) is 6.05. The lowest BCUT2D eigenvalue weighted by atomic mass is 9.98. The van der Waals surface area contributed by atoms with Gasteiger partial charge in [-0.15, -0.1) is 0 Å². The Balaban J connectivity index is 1.72. The molecule has 2 aliphatic rings. The molecule has 0 amide bonds. The summed E-state index contributed by atoms with van der Waals surface area (Å²) < 4.78 is 10.6. The second-order valence-corrected chi connectivity index (χ2v) is 6.07. The van der Waals surface area contributed by atoms with Crippen molar-refractivity contribution < 1.29 is 14.6 Å². The third kappa shape index (κ3) is 4.13. The molecule has 0 aromatic heterocycles. The Morgan fingerprint density at radius 3 is 2.47 bits per heavy atom. The Labute approximate surface area is 116 Å². The normalized spacial score (nSPS) is 34.4. The number of nitrogens with zero attached hydrogens (tertiary/aromatic N) is 1. The molecule has 2 rings (SSSR count). The van der Waals surface area contributed by atoms with E-state index >= 15 is 0 Å². The molecule has 0 saturated carbocycles. The Kier molecular flexibility index (Phi) is 5.59. The van der Waals surface area contributed by atoms with Crippen LogP contribution in [0.3, 0.4) is 0 Å². The summed E-state index contributed by atoms with van der Waals surface area (Å²) in [6, 6.07) is 1.49. The molecule has 112 valence electrons. The predicted molar refractivity (Wildman–Crippen MR) is 74.0 cm³/mol. The van der Waals surface area contributed by atoms with Crippen LogP contribution in [0.15, 0.2) is 0 Å². The first-order valence-electron chi connectivity index (χ1n) is 7.40. The van der Waals surface area contributed by atoms with Crippen molar-refractivity contribution in [3.8, 4) is 0 Å². The van der Waals surface area contributed by atoms with Crippen LogP contribution in [0.4, 0.5) is 0 Å². The van der Waals surface area contributed by atoms with Gasteiger partial charge in [0, 0.05) is 31.8 Å². The molecule has 2 heterocycles. The number of methoxy groups -OCH3 is 1. The van der Waals surface area contributed by atoms with Crippen molar-refractivity contribution in [3.05, 3.63) is 0 Å². The van der Waals surface area contributed by atoms with Gasteiger partial charge in [-0.05, 0) is 32.6 Å².